The maximum Gasteiger partial charge on any atom is 0.335 e. The van der Waals surface area contributed by atoms with E-state index in [2.05, 4.69) is 0 Å². The van der Waals surface area contributed by atoms with E-state index in [0.717, 1.165) is 5.56 Å². The Morgan fingerprint density at radius 3 is 2.37 bits per heavy atom. The summed E-state index contributed by atoms with van der Waals surface area (Å²) in [5, 5.41) is 30.2. The number of phenols is 2. The smallest absolute Gasteiger partial charge is 0.335 e. The van der Waals surface area contributed by atoms with Crippen molar-refractivity contribution in [1.82, 2.24) is 0 Å². The second-order valence-corrected chi connectivity index (χ2v) is 6.56. The van der Waals surface area contributed by atoms with Crippen molar-refractivity contribution in [3.8, 4) is 11.5 Å². The number of ketones is 1. The first-order valence-corrected chi connectivity index (χ1v) is 8.48. The van der Waals surface area contributed by atoms with Crippen LogP contribution in [-0.2, 0) is 12.8 Å². The maximum atomic E-state index is 12.9. The normalized spacial score (nSPS) is 12.4. The Labute approximate surface area is 155 Å². The van der Waals surface area contributed by atoms with Gasteiger partial charge in [0.1, 0.15) is 11.5 Å². The topological polar surface area (TPSA) is 94.8 Å². The molecule has 0 radical (unpaired) electrons. The summed E-state index contributed by atoms with van der Waals surface area (Å²) in [6.07, 6.45) is 0.618. The fraction of sp³-hybridized carbons (Fsp3) is 0.0909. The molecule has 0 aliphatic heterocycles. The van der Waals surface area contributed by atoms with Crippen molar-refractivity contribution < 1.29 is 24.9 Å². The van der Waals surface area contributed by atoms with Crippen molar-refractivity contribution in [1.29, 1.82) is 0 Å². The summed E-state index contributed by atoms with van der Waals surface area (Å²) in [6.45, 7) is 0. The molecule has 1 aliphatic rings. The van der Waals surface area contributed by atoms with Gasteiger partial charge in [-0.1, -0.05) is 42.5 Å². The van der Waals surface area contributed by atoms with Crippen LogP contribution < -0.4 is 0 Å². The molecule has 0 amide bonds. The number of carboxylic acid groups (broad SMARTS) is 1. The van der Waals surface area contributed by atoms with Gasteiger partial charge in [0, 0.05) is 6.42 Å². The molecular formula is C22H16O5. The third kappa shape index (κ3) is 2.73. The predicted molar refractivity (Wildman–Crippen MR) is 98.7 cm³/mol. The number of hydrogen-bond donors (Lipinski definition) is 3. The summed E-state index contributed by atoms with van der Waals surface area (Å²) < 4.78 is 0. The van der Waals surface area contributed by atoms with E-state index in [-0.39, 0.29) is 34.6 Å². The molecule has 0 heterocycles. The number of carbonyl (C=O) groups excluding carboxylic acids is 1. The van der Waals surface area contributed by atoms with Crippen molar-refractivity contribution in [3.63, 3.8) is 0 Å². The first kappa shape index (κ1) is 16.8. The molecule has 3 aromatic carbocycles. The van der Waals surface area contributed by atoms with E-state index in [1.54, 1.807) is 42.5 Å². The quantitative estimate of drug-likeness (QED) is 0.520. The minimum absolute atomic E-state index is 0.107. The largest absolute Gasteiger partial charge is 0.507 e. The number of hydrogen-bond acceptors (Lipinski definition) is 4. The number of aromatic hydroxyl groups is 2. The Morgan fingerprint density at radius 1 is 0.852 bits per heavy atom. The molecule has 0 saturated carbocycles. The molecule has 134 valence electrons. The molecule has 3 N–H and O–H groups in total. The van der Waals surface area contributed by atoms with Crippen LogP contribution in [0.2, 0.25) is 0 Å². The number of aromatic carboxylic acids is 1. The van der Waals surface area contributed by atoms with Gasteiger partial charge in [0.15, 0.2) is 0 Å². The first-order valence-electron chi connectivity index (χ1n) is 8.48. The molecule has 0 saturated heterocycles. The van der Waals surface area contributed by atoms with Gasteiger partial charge >= 0.3 is 5.97 Å². The van der Waals surface area contributed by atoms with Gasteiger partial charge in [-0.05, 0) is 40.8 Å². The van der Waals surface area contributed by atoms with E-state index < -0.39 is 11.8 Å². The van der Waals surface area contributed by atoms with Gasteiger partial charge in [0.05, 0.1) is 16.7 Å². The highest BCUT2D eigenvalue weighted by atomic mass is 16.4. The number of rotatable bonds is 3. The first-order chi connectivity index (χ1) is 13.0. The number of fused-ring (bicyclic) bond motifs is 2. The second kappa shape index (κ2) is 6.29. The lowest BCUT2D eigenvalue weighted by molar-refractivity contribution is 0.0695. The van der Waals surface area contributed by atoms with E-state index >= 15 is 0 Å². The minimum atomic E-state index is -1.04. The van der Waals surface area contributed by atoms with Gasteiger partial charge in [0.25, 0.3) is 0 Å². The van der Waals surface area contributed by atoms with E-state index in [4.69, 9.17) is 0 Å². The molecule has 1 aliphatic carbocycles. The number of benzene rings is 3. The number of phenolic OH excluding ortho intramolecular Hbond substituents is 2. The van der Waals surface area contributed by atoms with Gasteiger partial charge in [-0.25, -0.2) is 4.79 Å². The Kier molecular flexibility index (Phi) is 3.92. The lowest BCUT2D eigenvalue weighted by Gasteiger charge is -2.21. The molecular weight excluding hydrogens is 344 g/mol. The van der Waals surface area contributed by atoms with Crippen molar-refractivity contribution >= 4 is 11.8 Å². The van der Waals surface area contributed by atoms with Crippen molar-refractivity contribution in [2.45, 2.75) is 12.8 Å². The van der Waals surface area contributed by atoms with E-state index in [1.807, 2.05) is 0 Å². The van der Waals surface area contributed by atoms with E-state index in [0.29, 0.717) is 23.1 Å². The molecule has 5 nitrogen and oxygen atoms in total. The Hall–Kier alpha value is -3.60. The van der Waals surface area contributed by atoms with Crippen molar-refractivity contribution in [2.75, 3.05) is 0 Å². The molecule has 0 bridgehead atoms. The van der Waals surface area contributed by atoms with Gasteiger partial charge in [-0.15, -0.1) is 0 Å². The summed E-state index contributed by atoms with van der Waals surface area (Å²) in [6, 6.07) is 15.0. The van der Waals surface area contributed by atoms with Gasteiger partial charge < -0.3 is 15.3 Å². The molecule has 5 heteroatoms. The number of carboxylic acids is 1. The Balaban J connectivity index is 1.79. The maximum absolute atomic E-state index is 12.9. The summed E-state index contributed by atoms with van der Waals surface area (Å²) in [5.41, 5.74) is 2.96. The average molecular weight is 360 g/mol. The van der Waals surface area contributed by atoms with Crippen LogP contribution in [0.3, 0.4) is 0 Å². The van der Waals surface area contributed by atoms with Crippen LogP contribution in [0.25, 0.3) is 0 Å². The molecule has 0 atom stereocenters. The van der Waals surface area contributed by atoms with Crippen LogP contribution in [0.1, 0.15) is 48.5 Å². The predicted octanol–water partition coefficient (Wildman–Crippen LogP) is 3.52. The highest BCUT2D eigenvalue weighted by Gasteiger charge is 2.29. The fourth-order valence-electron chi connectivity index (χ4n) is 3.63. The zero-order chi connectivity index (χ0) is 19.1. The van der Waals surface area contributed by atoms with E-state index in [1.165, 1.54) is 12.1 Å². The average Bonchev–Trinajstić information content (AvgIpc) is 2.64. The molecule has 0 aromatic heterocycles. The molecule has 0 fully saturated rings. The number of carbonyl (C=O) groups is 2. The lowest BCUT2D eigenvalue weighted by atomic mass is 9.82. The van der Waals surface area contributed by atoms with E-state index in [9.17, 15) is 24.9 Å². The Bertz CT molecular complexity index is 1100. The molecule has 0 unspecified atom stereocenters. The van der Waals surface area contributed by atoms with Crippen LogP contribution in [0.15, 0.2) is 54.6 Å². The summed E-state index contributed by atoms with van der Waals surface area (Å²) in [7, 11) is 0. The minimum Gasteiger partial charge on any atom is -0.507 e. The second-order valence-electron chi connectivity index (χ2n) is 6.56. The highest BCUT2D eigenvalue weighted by molar-refractivity contribution is 6.15. The van der Waals surface area contributed by atoms with Crippen LogP contribution in [0, 0.1) is 0 Å². The summed E-state index contributed by atoms with van der Waals surface area (Å²) in [5.74, 6) is -1.73. The van der Waals surface area contributed by atoms with Gasteiger partial charge in [0.2, 0.25) is 5.78 Å². The fourth-order valence-corrected chi connectivity index (χ4v) is 3.63. The third-order valence-corrected chi connectivity index (χ3v) is 4.94. The molecule has 0 spiro atoms. The standard InChI is InChI=1S/C22H16O5/c23-17-7-3-5-13-11-14-8-9-15(20(24)19(14)21(25)18(13)17)10-12-4-1-2-6-16(12)22(26)27/h1-9,23-24H,10-11H2,(H,26,27). The third-order valence-electron chi connectivity index (χ3n) is 4.94. The molecule has 3 aromatic rings. The lowest BCUT2D eigenvalue weighted by Crippen LogP contribution is -2.16. The summed E-state index contributed by atoms with van der Waals surface area (Å²) >= 11 is 0. The van der Waals surface area contributed by atoms with Crippen LogP contribution in [-0.4, -0.2) is 27.1 Å². The van der Waals surface area contributed by atoms with Gasteiger partial charge in [-0.3, -0.25) is 4.79 Å². The van der Waals surface area contributed by atoms with Crippen molar-refractivity contribution in [2.24, 2.45) is 0 Å². The molecule has 4 rings (SSSR count). The van der Waals surface area contributed by atoms with Crippen LogP contribution in [0.5, 0.6) is 11.5 Å². The van der Waals surface area contributed by atoms with Crippen molar-refractivity contribution in [3.05, 3.63) is 93.5 Å². The van der Waals surface area contributed by atoms with Crippen LogP contribution in [0.4, 0.5) is 0 Å². The Morgan fingerprint density at radius 2 is 1.59 bits per heavy atom. The monoisotopic (exact) mass is 360 g/mol. The SMILES string of the molecule is O=C(O)c1ccccc1Cc1ccc2c(c1O)C(=O)c1c(O)cccc1C2. The highest BCUT2D eigenvalue weighted by Crippen LogP contribution is 2.38. The van der Waals surface area contributed by atoms with Crippen LogP contribution >= 0.6 is 0 Å². The zero-order valence-corrected chi connectivity index (χ0v) is 14.3. The van der Waals surface area contributed by atoms with Gasteiger partial charge in [-0.2, -0.15) is 0 Å². The summed E-state index contributed by atoms with van der Waals surface area (Å²) in [4.78, 5) is 24.3. The zero-order valence-electron chi connectivity index (χ0n) is 14.3. The molecule has 27 heavy (non-hydrogen) atoms.